The predicted octanol–water partition coefficient (Wildman–Crippen LogP) is 2.64. The highest BCUT2D eigenvalue weighted by atomic mass is 15.3. The smallest absolute Gasteiger partial charge is 0.0492 e. The SMILES string of the molecule is CC(C)Cn1nccc1C(C)C1CCNCC1. The van der Waals surface area contributed by atoms with Gasteiger partial charge in [0.1, 0.15) is 0 Å². The zero-order chi connectivity index (χ0) is 12.3. The second-order valence-electron chi connectivity index (χ2n) is 5.71. The van der Waals surface area contributed by atoms with E-state index in [0.717, 1.165) is 12.5 Å². The molecule has 0 amide bonds. The Morgan fingerprint density at radius 3 is 2.71 bits per heavy atom. The normalized spacial score (nSPS) is 19.8. The summed E-state index contributed by atoms with van der Waals surface area (Å²) in [6.07, 6.45) is 4.55. The molecule has 0 radical (unpaired) electrons. The van der Waals surface area contributed by atoms with Crippen molar-refractivity contribution in [2.24, 2.45) is 11.8 Å². The Morgan fingerprint density at radius 1 is 1.35 bits per heavy atom. The first-order valence-corrected chi connectivity index (χ1v) is 6.91. The lowest BCUT2D eigenvalue weighted by molar-refractivity contribution is 0.315. The Bertz CT molecular complexity index is 337. The minimum Gasteiger partial charge on any atom is -0.317 e. The molecule has 96 valence electrons. The van der Waals surface area contributed by atoms with Gasteiger partial charge in [0.15, 0.2) is 0 Å². The van der Waals surface area contributed by atoms with Gasteiger partial charge in [-0.05, 0) is 43.8 Å². The second kappa shape index (κ2) is 5.67. The van der Waals surface area contributed by atoms with Gasteiger partial charge in [-0.15, -0.1) is 0 Å². The van der Waals surface area contributed by atoms with E-state index in [-0.39, 0.29) is 0 Å². The Balaban J connectivity index is 2.07. The summed E-state index contributed by atoms with van der Waals surface area (Å²) in [4.78, 5) is 0. The van der Waals surface area contributed by atoms with Crippen molar-refractivity contribution in [3.05, 3.63) is 18.0 Å². The van der Waals surface area contributed by atoms with Gasteiger partial charge < -0.3 is 5.32 Å². The van der Waals surface area contributed by atoms with Crippen molar-refractivity contribution in [2.45, 2.75) is 46.1 Å². The topological polar surface area (TPSA) is 29.9 Å². The van der Waals surface area contributed by atoms with E-state index in [1.807, 2.05) is 6.20 Å². The molecule has 0 bridgehead atoms. The highest BCUT2D eigenvalue weighted by Gasteiger charge is 2.23. The highest BCUT2D eigenvalue weighted by molar-refractivity contribution is 5.09. The average molecular weight is 235 g/mol. The van der Waals surface area contributed by atoms with Crippen LogP contribution in [0.2, 0.25) is 0 Å². The zero-order valence-electron chi connectivity index (χ0n) is 11.3. The van der Waals surface area contributed by atoms with Crippen molar-refractivity contribution >= 4 is 0 Å². The van der Waals surface area contributed by atoms with E-state index in [1.165, 1.54) is 31.6 Å². The minimum atomic E-state index is 0.637. The molecule has 0 aromatic carbocycles. The van der Waals surface area contributed by atoms with Crippen molar-refractivity contribution < 1.29 is 0 Å². The molecule has 1 N–H and O–H groups in total. The molecule has 2 rings (SSSR count). The largest absolute Gasteiger partial charge is 0.317 e. The van der Waals surface area contributed by atoms with Gasteiger partial charge in [0, 0.05) is 24.4 Å². The summed E-state index contributed by atoms with van der Waals surface area (Å²) < 4.78 is 2.21. The standard InChI is InChI=1S/C14H25N3/c1-11(2)10-17-14(6-9-16-17)12(3)13-4-7-15-8-5-13/h6,9,11-13,15H,4-5,7-8,10H2,1-3H3. The maximum atomic E-state index is 4.47. The third kappa shape index (κ3) is 3.09. The van der Waals surface area contributed by atoms with Crippen LogP contribution in [0, 0.1) is 11.8 Å². The van der Waals surface area contributed by atoms with Crippen molar-refractivity contribution in [2.75, 3.05) is 13.1 Å². The van der Waals surface area contributed by atoms with Gasteiger partial charge >= 0.3 is 0 Å². The maximum absolute atomic E-state index is 4.47. The number of hydrogen-bond acceptors (Lipinski definition) is 2. The third-order valence-electron chi connectivity index (χ3n) is 3.84. The predicted molar refractivity (Wildman–Crippen MR) is 71.1 cm³/mol. The lowest BCUT2D eigenvalue weighted by Gasteiger charge is -2.29. The van der Waals surface area contributed by atoms with E-state index < -0.39 is 0 Å². The fraction of sp³-hybridized carbons (Fsp3) is 0.786. The van der Waals surface area contributed by atoms with Gasteiger partial charge in [-0.3, -0.25) is 4.68 Å². The first-order chi connectivity index (χ1) is 8.18. The number of piperidine rings is 1. The van der Waals surface area contributed by atoms with Gasteiger partial charge in [0.2, 0.25) is 0 Å². The Kier molecular flexibility index (Phi) is 4.21. The quantitative estimate of drug-likeness (QED) is 0.869. The lowest BCUT2D eigenvalue weighted by Crippen LogP contribution is -2.31. The van der Waals surface area contributed by atoms with Crippen molar-refractivity contribution in [1.82, 2.24) is 15.1 Å². The molecule has 1 unspecified atom stereocenters. The van der Waals surface area contributed by atoms with Crippen molar-refractivity contribution in [3.8, 4) is 0 Å². The maximum Gasteiger partial charge on any atom is 0.0492 e. The molecule has 1 aliphatic heterocycles. The van der Waals surface area contributed by atoms with Crippen LogP contribution in [0.25, 0.3) is 0 Å². The summed E-state index contributed by atoms with van der Waals surface area (Å²) in [5.41, 5.74) is 1.42. The molecular formula is C14H25N3. The summed E-state index contributed by atoms with van der Waals surface area (Å²) in [5.74, 6) is 2.12. The van der Waals surface area contributed by atoms with Gasteiger partial charge in [-0.2, -0.15) is 5.10 Å². The molecule has 0 saturated carbocycles. The van der Waals surface area contributed by atoms with E-state index in [0.29, 0.717) is 11.8 Å². The monoisotopic (exact) mass is 235 g/mol. The third-order valence-corrected chi connectivity index (χ3v) is 3.84. The van der Waals surface area contributed by atoms with Crippen LogP contribution in [0.5, 0.6) is 0 Å². The van der Waals surface area contributed by atoms with E-state index in [2.05, 4.69) is 41.9 Å². The molecule has 0 aliphatic carbocycles. The van der Waals surface area contributed by atoms with Crippen LogP contribution in [-0.2, 0) is 6.54 Å². The molecule has 1 atom stereocenters. The fourth-order valence-electron chi connectivity index (χ4n) is 2.81. The Labute approximate surface area is 105 Å². The molecule has 1 aromatic heterocycles. The molecule has 17 heavy (non-hydrogen) atoms. The van der Waals surface area contributed by atoms with Crippen LogP contribution in [0.15, 0.2) is 12.3 Å². The molecule has 1 aromatic rings. The van der Waals surface area contributed by atoms with Crippen LogP contribution in [0.3, 0.4) is 0 Å². The summed E-state index contributed by atoms with van der Waals surface area (Å²) >= 11 is 0. The summed E-state index contributed by atoms with van der Waals surface area (Å²) in [5, 5.41) is 7.91. The molecular weight excluding hydrogens is 210 g/mol. The average Bonchev–Trinajstić information content (AvgIpc) is 2.76. The molecule has 3 heteroatoms. The van der Waals surface area contributed by atoms with E-state index in [4.69, 9.17) is 0 Å². The Hall–Kier alpha value is -0.830. The van der Waals surface area contributed by atoms with E-state index >= 15 is 0 Å². The Morgan fingerprint density at radius 2 is 2.06 bits per heavy atom. The van der Waals surface area contributed by atoms with Crippen LogP contribution in [-0.4, -0.2) is 22.9 Å². The minimum absolute atomic E-state index is 0.637. The number of rotatable bonds is 4. The second-order valence-corrected chi connectivity index (χ2v) is 5.71. The molecule has 3 nitrogen and oxygen atoms in total. The first-order valence-electron chi connectivity index (χ1n) is 6.91. The molecule has 1 aliphatic rings. The van der Waals surface area contributed by atoms with Gasteiger partial charge in [-0.25, -0.2) is 0 Å². The van der Waals surface area contributed by atoms with Crippen LogP contribution in [0.4, 0.5) is 0 Å². The highest BCUT2D eigenvalue weighted by Crippen LogP contribution is 2.30. The van der Waals surface area contributed by atoms with Gasteiger partial charge in [0.05, 0.1) is 0 Å². The fourth-order valence-corrected chi connectivity index (χ4v) is 2.81. The molecule has 2 heterocycles. The zero-order valence-corrected chi connectivity index (χ0v) is 11.3. The van der Waals surface area contributed by atoms with E-state index in [9.17, 15) is 0 Å². The number of aromatic nitrogens is 2. The van der Waals surface area contributed by atoms with Gasteiger partial charge in [-0.1, -0.05) is 20.8 Å². The summed E-state index contributed by atoms with van der Waals surface area (Å²) in [7, 11) is 0. The van der Waals surface area contributed by atoms with Crippen LogP contribution in [0.1, 0.15) is 45.2 Å². The van der Waals surface area contributed by atoms with E-state index in [1.54, 1.807) is 0 Å². The first kappa shape index (κ1) is 12.6. The number of nitrogens with one attached hydrogen (secondary N) is 1. The lowest BCUT2D eigenvalue weighted by atomic mass is 9.84. The van der Waals surface area contributed by atoms with Crippen molar-refractivity contribution in [3.63, 3.8) is 0 Å². The summed E-state index contributed by atoms with van der Waals surface area (Å²) in [6.45, 7) is 10.3. The molecule has 1 saturated heterocycles. The number of nitrogens with zero attached hydrogens (tertiary/aromatic N) is 2. The molecule has 0 spiro atoms. The number of hydrogen-bond donors (Lipinski definition) is 1. The summed E-state index contributed by atoms with van der Waals surface area (Å²) in [6, 6.07) is 2.20. The molecule has 1 fully saturated rings. The van der Waals surface area contributed by atoms with Crippen LogP contribution >= 0.6 is 0 Å². The van der Waals surface area contributed by atoms with Gasteiger partial charge in [0.25, 0.3) is 0 Å². The van der Waals surface area contributed by atoms with Crippen LogP contribution < -0.4 is 5.32 Å². The van der Waals surface area contributed by atoms with Crippen molar-refractivity contribution in [1.29, 1.82) is 0 Å².